The zero-order valence-electron chi connectivity index (χ0n) is 12.8. The van der Waals surface area contributed by atoms with Gasteiger partial charge in [-0.1, -0.05) is 30.3 Å². The normalized spacial score (nSPS) is 19.4. The van der Waals surface area contributed by atoms with Gasteiger partial charge in [0, 0.05) is 26.7 Å². The predicted octanol–water partition coefficient (Wildman–Crippen LogP) is 2.00. The Morgan fingerprint density at radius 2 is 2.14 bits per heavy atom. The molecule has 122 valence electrons. The zero-order valence-corrected chi connectivity index (χ0v) is 12.8. The summed E-state index contributed by atoms with van der Waals surface area (Å²) in [6.07, 6.45) is -2.59. The first-order valence-electron chi connectivity index (χ1n) is 7.44. The van der Waals surface area contributed by atoms with Gasteiger partial charge in [-0.25, -0.2) is 8.78 Å². The van der Waals surface area contributed by atoms with E-state index in [1.807, 2.05) is 18.2 Å². The lowest BCUT2D eigenvalue weighted by atomic mass is 10.1. The largest absolute Gasteiger partial charge is 0.375 e. The number of hydrogen-bond donors (Lipinski definition) is 0. The van der Waals surface area contributed by atoms with Crippen LogP contribution in [0, 0.1) is 0 Å². The Bertz CT molecular complexity index is 470. The van der Waals surface area contributed by atoms with Crippen LogP contribution in [0.4, 0.5) is 8.78 Å². The Morgan fingerprint density at radius 3 is 2.82 bits per heavy atom. The van der Waals surface area contributed by atoms with Crippen LogP contribution >= 0.6 is 0 Å². The topological polar surface area (TPSA) is 32.8 Å². The molecule has 1 aliphatic heterocycles. The lowest BCUT2D eigenvalue weighted by Gasteiger charge is -2.33. The molecule has 0 spiro atoms. The summed E-state index contributed by atoms with van der Waals surface area (Å²) in [5.41, 5.74) is 1.21. The van der Waals surface area contributed by atoms with E-state index in [0.717, 1.165) is 18.0 Å². The lowest BCUT2D eigenvalue weighted by Crippen LogP contribution is -2.44. The van der Waals surface area contributed by atoms with Gasteiger partial charge >= 0.3 is 0 Å². The SMILES string of the molecule is CN(CC(F)F)C(=O)CC1CN(Cc2ccccc2)CCO1. The molecule has 6 heteroatoms. The van der Waals surface area contributed by atoms with Crippen LogP contribution in [-0.4, -0.2) is 61.5 Å². The summed E-state index contributed by atoms with van der Waals surface area (Å²) in [6.45, 7) is 2.29. The minimum absolute atomic E-state index is 0.147. The number of morpholine rings is 1. The van der Waals surface area contributed by atoms with E-state index in [1.54, 1.807) is 0 Å². The van der Waals surface area contributed by atoms with Crippen molar-refractivity contribution in [1.82, 2.24) is 9.80 Å². The fourth-order valence-corrected chi connectivity index (χ4v) is 2.55. The van der Waals surface area contributed by atoms with E-state index >= 15 is 0 Å². The van der Waals surface area contributed by atoms with Crippen molar-refractivity contribution in [3.8, 4) is 0 Å². The Morgan fingerprint density at radius 1 is 1.41 bits per heavy atom. The second-order valence-electron chi connectivity index (χ2n) is 5.58. The summed E-state index contributed by atoms with van der Waals surface area (Å²) in [5, 5.41) is 0. The molecule has 0 aliphatic carbocycles. The second-order valence-corrected chi connectivity index (χ2v) is 5.58. The van der Waals surface area contributed by atoms with E-state index in [1.165, 1.54) is 12.6 Å². The van der Waals surface area contributed by atoms with Gasteiger partial charge in [-0.3, -0.25) is 9.69 Å². The third-order valence-electron chi connectivity index (χ3n) is 3.71. The van der Waals surface area contributed by atoms with Crippen LogP contribution in [0.15, 0.2) is 30.3 Å². The van der Waals surface area contributed by atoms with Crippen molar-refractivity contribution in [2.45, 2.75) is 25.5 Å². The van der Waals surface area contributed by atoms with Crippen molar-refractivity contribution in [2.24, 2.45) is 0 Å². The minimum Gasteiger partial charge on any atom is -0.375 e. The molecule has 0 bridgehead atoms. The summed E-state index contributed by atoms with van der Waals surface area (Å²) < 4.78 is 30.2. The standard InChI is InChI=1S/C16H22F2N2O2/c1-19(12-15(17)18)16(21)9-14-11-20(7-8-22-14)10-13-5-3-2-4-6-13/h2-6,14-15H,7-12H2,1H3. The fraction of sp³-hybridized carbons (Fsp3) is 0.562. The molecule has 0 saturated carbocycles. The summed E-state index contributed by atoms with van der Waals surface area (Å²) in [6, 6.07) is 10.1. The van der Waals surface area contributed by atoms with Gasteiger partial charge in [0.05, 0.1) is 25.7 Å². The molecule has 22 heavy (non-hydrogen) atoms. The van der Waals surface area contributed by atoms with Crippen LogP contribution in [-0.2, 0) is 16.1 Å². The van der Waals surface area contributed by atoms with Crippen molar-refractivity contribution in [3.63, 3.8) is 0 Å². The number of ether oxygens (including phenoxy) is 1. The molecule has 1 unspecified atom stereocenters. The van der Waals surface area contributed by atoms with E-state index in [2.05, 4.69) is 17.0 Å². The maximum absolute atomic E-state index is 12.3. The van der Waals surface area contributed by atoms with Gasteiger partial charge in [0.2, 0.25) is 5.91 Å². The Hall–Kier alpha value is -1.53. The number of rotatable bonds is 6. The first-order chi connectivity index (χ1) is 10.5. The molecule has 1 aromatic rings. The average molecular weight is 312 g/mol. The molecule has 0 N–H and O–H groups in total. The lowest BCUT2D eigenvalue weighted by molar-refractivity contribution is -0.136. The highest BCUT2D eigenvalue weighted by atomic mass is 19.3. The van der Waals surface area contributed by atoms with Crippen LogP contribution in [0.3, 0.4) is 0 Å². The van der Waals surface area contributed by atoms with Crippen molar-refractivity contribution < 1.29 is 18.3 Å². The van der Waals surface area contributed by atoms with Gasteiger partial charge in [0.1, 0.15) is 0 Å². The number of carbonyl (C=O) groups is 1. The third-order valence-corrected chi connectivity index (χ3v) is 3.71. The monoisotopic (exact) mass is 312 g/mol. The highest BCUT2D eigenvalue weighted by Gasteiger charge is 2.25. The van der Waals surface area contributed by atoms with Crippen LogP contribution in [0.25, 0.3) is 0 Å². The molecule has 0 aromatic heterocycles. The maximum atomic E-state index is 12.3. The number of nitrogens with zero attached hydrogens (tertiary/aromatic N) is 2. The van der Waals surface area contributed by atoms with Crippen LogP contribution in [0.2, 0.25) is 0 Å². The molecule has 1 amide bonds. The fourth-order valence-electron chi connectivity index (χ4n) is 2.55. The average Bonchev–Trinajstić information content (AvgIpc) is 2.48. The summed E-state index contributed by atoms with van der Waals surface area (Å²) >= 11 is 0. The zero-order chi connectivity index (χ0) is 15.9. The van der Waals surface area contributed by atoms with Crippen molar-refractivity contribution in [3.05, 3.63) is 35.9 Å². The molecule has 1 fully saturated rings. The third kappa shape index (κ3) is 5.35. The molecule has 1 heterocycles. The van der Waals surface area contributed by atoms with Gasteiger partial charge in [-0.15, -0.1) is 0 Å². The van der Waals surface area contributed by atoms with Crippen molar-refractivity contribution in [1.29, 1.82) is 0 Å². The van der Waals surface area contributed by atoms with Gasteiger partial charge < -0.3 is 9.64 Å². The molecular weight excluding hydrogens is 290 g/mol. The molecule has 0 radical (unpaired) electrons. The number of alkyl halides is 2. The Kier molecular flexibility index (Phi) is 6.27. The van der Waals surface area contributed by atoms with Gasteiger partial charge in [0.25, 0.3) is 6.43 Å². The van der Waals surface area contributed by atoms with Gasteiger partial charge in [-0.2, -0.15) is 0 Å². The highest BCUT2D eigenvalue weighted by molar-refractivity contribution is 5.76. The summed E-state index contributed by atoms with van der Waals surface area (Å²) in [7, 11) is 1.40. The van der Waals surface area contributed by atoms with Crippen molar-refractivity contribution >= 4 is 5.91 Å². The van der Waals surface area contributed by atoms with E-state index in [4.69, 9.17) is 4.74 Å². The van der Waals surface area contributed by atoms with E-state index in [0.29, 0.717) is 13.2 Å². The predicted molar refractivity (Wildman–Crippen MR) is 79.7 cm³/mol. The highest BCUT2D eigenvalue weighted by Crippen LogP contribution is 2.13. The Balaban J connectivity index is 1.81. The molecular formula is C16H22F2N2O2. The number of amides is 1. The van der Waals surface area contributed by atoms with Crippen LogP contribution in [0.5, 0.6) is 0 Å². The van der Waals surface area contributed by atoms with Crippen molar-refractivity contribution in [2.75, 3.05) is 33.3 Å². The maximum Gasteiger partial charge on any atom is 0.255 e. The minimum atomic E-state index is -2.50. The Labute approximate surface area is 129 Å². The summed E-state index contributed by atoms with van der Waals surface area (Å²) in [4.78, 5) is 15.2. The number of hydrogen-bond acceptors (Lipinski definition) is 3. The number of benzene rings is 1. The second kappa shape index (κ2) is 8.19. The van der Waals surface area contributed by atoms with E-state index in [-0.39, 0.29) is 18.4 Å². The molecule has 4 nitrogen and oxygen atoms in total. The van der Waals surface area contributed by atoms with Crippen LogP contribution in [0.1, 0.15) is 12.0 Å². The molecule has 1 aromatic carbocycles. The van der Waals surface area contributed by atoms with Gasteiger partial charge in [0.15, 0.2) is 0 Å². The van der Waals surface area contributed by atoms with Gasteiger partial charge in [-0.05, 0) is 5.56 Å². The molecule has 2 rings (SSSR count). The molecule has 1 aliphatic rings. The van der Waals surface area contributed by atoms with E-state index < -0.39 is 13.0 Å². The molecule has 1 saturated heterocycles. The first-order valence-corrected chi connectivity index (χ1v) is 7.44. The number of halogens is 2. The summed E-state index contributed by atoms with van der Waals surface area (Å²) in [5.74, 6) is -0.299. The first kappa shape index (κ1) is 16.8. The smallest absolute Gasteiger partial charge is 0.255 e. The van der Waals surface area contributed by atoms with Crippen LogP contribution < -0.4 is 0 Å². The quantitative estimate of drug-likeness (QED) is 0.805. The van der Waals surface area contributed by atoms with E-state index in [9.17, 15) is 13.6 Å². The molecule has 1 atom stereocenters. The number of carbonyl (C=O) groups excluding carboxylic acids is 1.